The van der Waals surface area contributed by atoms with Gasteiger partial charge in [0.15, 0.2) is 0 Å². The summed E-state index contributed by atoms with van der Waals surface area (Å²) in [5, 5.41) is 10.4. The quantitative estimate of drug-likeness (QED) is 0.373. The van der Waals surface area contributed by atoms with Crippen LogP contribution in [0.5, 0.6) is 11.5 Å². The minimum absolute atomic E-state index is 0.387. The van der Waals surface area contributed by atoms with Gasteiger partial charge in [-0.05, 0) is 30.7 Å². The summed E-state index contributed by atoms with van der Waals surface area (Å²) in [5.41, 5.74) is 3.44. The van der Waals surface area contributed by atoms with Gasteiger partial charge in [-0.2, -0.15) is 0 Å². The van der Waals surface area contributed by atoms with Gasteiger partial charge in [0.05, 0.1) is 30.5 Å². The van der Waals surface area contributed by atoms with Crippen molar-refractivity contribution in [1.29, 1.82) is 0 Å². The highest BCUT2D eigenvalue weighted by atomic mass is 35.5. The molecular formula is C21H18ClN3O3S. The molecule has 2 heterocycles. The first-order chi connectivity index (χ1) is 14.1. The fraction of sp³-hybridized carbons (Fsp3) is 0.190. The van der Waals surface area contributed by atoms with Crippen LogP contribution in [0.3, 0.4) is 0 Å². The molecule has 0 unspecified atom stereocenters. The summed E-state index contributed by atoms with van der Waals surface area (Å²) in [7, 11) is 3.19. The third-order valence-corrected chi connectivity index (χ3v) is 5.81. The van der Waals surface area contributed by atoms with E-state index in [1.54, 1.807) is 20.3 Å². The molecule has 0 N–H and O–H groups in total. The molecule has 6 nitrogen and oxygen atoms in total. The second kappa shape index (κ2) is 8.31. The molecule has 8 heteroatoms. The number of aromatic nitrogens is 3. The topological polar surface area (TPSA) is 70.3 Å². The van der Waals surface area contributed by atoms with Crippen molar-refractivity contribution in [3.05, 3.63) is 58.7 Å². The van der Waals surface area contributed by atoms with E-state index >= 15 is 0 Å². The lowest BCUT2D eigenvalue weighted by atomic mass is 10.1. The van der Waals surface area contributed by atoms with Crippen molar-refractivity contribution in [2.75, 3.05) is 14.2 Å². The molecule has 0 amide bonds. The van der Waals surface area contributed by atoms with Gasteiger partial charge < -0.3 is 13.9 Å². The van der Waals surface area contributed by atoms with Crippen LogP contribution in [0.25, 0.3) is 22.4 Å². The van der Waals surface area contributed by atoms with E-state index in [0.717, 1.165) is 27.7 Å². The number of pyridine rings is 1. The molecule has 0 bridgehead atoms. The first-order valence-corrected chi connectivity index (χ1v) is 10.2. The summed E-state index contributed by atoms with van der Waals surface area (Å²) >= 11 is 7.93. The molecule has 0 aliphatic heterocycles. The molecule has 0 saturated heterocycles. The van der Waals surface area contributed by atoms with E-state index in [0.29, 0.717) is 33.4 Å². The van der Waals surface area contributed by atoms with Crippen molar-refractivity contribution in [2.24, 2.45) is 0 Å². The van der Waals surface area contributed by atoms with Gasteiger partial charge in [0.2, 0.25) is 5.89 Å². The van der Waals surface area contributed by atoms with Gasteiger partial charge in [-0.25, -0.2) is 0 Å². The van der Waals surface area contributed by atoms with Gasteiger partial charge in [0, 0.05) is 22.8 Å². The van der Waals surface area contributed by atoms with E-state index in [1.807, 2.05) is 43.3 Å². The number of para-hydroxylation sites is 1. The van der Waals surface area contributed by atoms with Crippen molar-refractivity contribution >= 4 is 34.3 Å². The van der Waals surface area contributed by atoms with Crippen LogP contribution in [0.4, 0.5) is 0 Å². The predicted molar refractivity (Wildman–Crippen MR) is 114 cm³/mol. The fourth-order valence-corrected chi connectivity index (χ4v) is 3.95. The Balaban J connectivity index is 1.56. The second-order valence-electron chi connectivity index (χ2n) is 6.28. The summed E-state index contributed by atoms with van der Waals surface area (Å²) in [6.45, 7) is 2.00. The van der Waals surface area contributed by atoms with Gasteiger partial charge in [0.25, 0.3) is 5.22 Å². The molecular weight excluding hydrogens is 410 g/mol. The normalized spacial score (nSPS) is 11.0. The van der Waals surface area contributed by atoms with Crippen molar-refractivity contribution in [3.8, 4) is 23.0 Å². The maximum Gasteiger partial charge on any atom is 0.277 e. The second-order valence-corrected chi connectivity index (χ2v) is 7.58. The number of nitrogens with zero attached hydrogens (tertiary/aromatic N) is 3. The highest BCUT2D eigenvalue weighted by Gasteiger charge is 2.15. The Morgan fingerprint density at radius 2 is 1.76 bits per heavy atom. The highest BCUT2D eigenvalue weighted by molar-refractivity contribution is 7.98. The zero-order chi connectivity index (χ0) is 20.4. The van der Waals surface area contributed by atoms with E-state index in [4.69, 9.17) is 25.5 Å². The smallest absolute Gasteiger partial charge is 0.277 e. The Morgan fingerprint density at radius 1 is 1.03 bits per heavy atom. The highest BCUT2D eigenvalue weighted by Crippen LogP contribution is 2.33. The predicted octanol–water partition coefficient (Wildman–Crippen LogP) is 5.56. The number of rotatable bonds is 6. The molecule has 0 atom stereocenters. The zero-order valence-electron chi connectivity index (χ0n) is 16.1. The Morgan fingerprint density at radius 3 is 2.48 bits per heavy atom. The van der Waals surface area contributed by atoms with E-state index < -0.39 is 0 Å². The lowest BCUT2D eigenvalue weighted by molar-refractivity contribution is 0.394. The van der Waals surface area contributed by atoms with Gasteiger partial charge in [-0.1, -0.05) is 41.6 Å². The molecule has 148 valence electrons. The van der Waals surface area contributed by atoms with Gasteiger partial charge in [-0.3, -0.25) is 4.98 Å². The molecule has 0 aliphatic rings. The number of benzene rings is 2. The molecule has 4 rings (SSSR count). The SMILES string of the molecule is COc1cc(OC)cc(-c2nnc(SCc3nc4ccccc4c(C)c3Cl)o2)c1. The van der Waals surface area contributed by atoms with Crippen LogP contribution in [0, 0.1) is 6.92 Å². The van der Waals surface area contributed by atoms with E-state index in [9.17, 15) is 0 Å². The van der Waals surface area contributed by atoms with Crippen molar-refractivity contribution in [1.82, 2.24) is 15.2 Å². The number of methoxy groups -OCH3 is 2. The fourth-order valence-electron chi connectivity index (χ4n) is 2.96. The largest absolute Gasteiger partial charge is 0.497 e. The summed E-state index contributed by atoms with van der Waals surface area (Å²) in [6, 6.07) is 13.4. The first-order valence-electron chi connectivity index (χ1n) is 8.82. The maximum absolute atomic E-state index is 6.54. The van der Waals surface area contributed by atoms with Crippen molar-refractivity contribution < 1.29 is 13.9 Å². The number of fused-ring (bicyclic) bond motifs is 1. The lowest BCUT2D eigenvalue weighted by Gasteiger charge is -2.08. The molecule has 2 aromatic heterocycles. The standard InChI is InChI=1S/C21H18ClN3O3S/c1-12-16-6-4-5-7-17(16)23-18(19(12)22)11-29-21-25-24-20(28-21)13-8-14(26-2)10-15(9-13)27-3/h4-10H,11H2,1-3H3. The van der Waals surface area contributed by atoms with Gasteiger partial charge in [0.1, 0.15) is 11.5 Å². The van der Waals surface area contributed by atoms with Crippen LogP contribution in [0.15, 0.2) is 52.1 Å². The van der Waals surface area contributed by atoms with Gasteiger partial charge >= 0.3 is 0 Å². The molecule has 4 aromatic rings. The Hall–Kier alpha value is -2.77. The summed E-state index contributed by atoms with van der Waals surface area (Å²) < 4.78 is 16.4. The van der Waals surface area contributed by atoms with Crippen LogP contribution in [-0.2, 0) is 5.75 Å². The minimum atomic E-state index is 0.387. The number of thioether (sulfide) groups is 1. The summed E-state index contributed by atoms with van der Waals surface area (Å²) in [4.78, 5) is 4.69. The van der Waals surface area contributed by atoms with E-state index in [2.05, 4.69) is 15.2 Å². The van der Waals surface area contributed by atoms with Crippen LogP contribution in [0.2, 0.25) is 5.02 Å². The lowest BCUT2D eigenvalue weighted by Crippen LogP contribution is -1.94. The van der Waals surface area contributed by atoms with E-state index in [1.165, 1.54) is 11.8 Å². The third kappa shape index (κ3) is 4.02. The molecule has 0 saturated carbocycles. The average Bonchev–Trinajstić information content (AvgIpc) is 3.24. The van der Waals surface area contributed by atoms with Crippen LogP contribution in [0.1, 0.15) is 11.3 Å². The average molecular weight is 428 g/mol. The van der Waals surface area contributed by atoms with Crippen molar-refractivity contribution in [2.45, 2.75) is 17.9 Å². The van der Waals surface area contributed by atoms with Crippen molar-refractivity contribution in [3.63, 3.8) is 0 Å². The molecule has 0 aliphatic carbocycles. The summed E-state index contributed by atoms with van der Waals surface area (Å²) in [5.74, 6) is 2.20. The Kier molecular flexibility index (Phi) is 5.60. The monoisotopic (exact) mass is 427 g/mol. The van der Waals surface area contributed by atoms with Crippen LogP contribution in [-0.4, -0.2) is 29.4 Å². The first kappa shape index (κ1) is 19.5. The number of halogens is 1. The Labute approximate surface area is 177 Å². The maximum atomic E-state index is 6.54. The molecule has 0 radical (unpaired) electrons. The number of aryl methyl sites for hydroxylation is 1. The van der Waals surface area contributed by atoms with Crippen LogP contribution < -0.4 is 9.47 Å². The van der Waals surface area contributed by atoms with Crippen LogP contribution >= 0.6 is 23.4 Å². The number of ether oxygens (including phenoxy) is 2. The number of hydrogen-bond acceptors (Lipinski definition) is 7. The summed E-state index contributed by atoms with van der Waals surface area (Å²) in [6.07, 6.45) is 0. The Bertz CT molecular complexity index is 1160. The molecule has 0 spiro atoms. The zero-order valence-corrected chi connectivity index (χ0v) is 17.7. The molecule has 29 heavy (non-hydrogen) atoms. The van der Waals surface area contributed by atoms with Gasteiger partial charge in [-0.15, -0.1) is 10.2 Å². The minimum Gasteiger partial charge on any atom is -0.497 e. The van der Waals surface area contributed by atoms with E-state index in [-0.39, 0.29) is 0 Å². The molecule has 2 aromatic carbocycles. The molecule has 0 fully saturated rings. The third-order valence-electron chi connectivity index (χ3n) is 4.48. The number of hydrogen-bond donors (Lipinski definition) is 0.